The van der Waals surface area contributed by atoms with Gasteiger partial charge in [0.25, 0.3) is 17.3 Å². The maximum absolute atomic E-state index is 10.8. The van der Waals surface area contributed by atoms with Crippen molar-refractivity contribution in [2.45, 2.75) is 0 Å². The monoisotopic (exact) mass is 338 g/mol. The molecule has 25 heavy (non-hydrogen) atoms. The number of nitro benzene ring substituents is 2. The highest BCUT2D eigenvalue weighted by molar-refractivity contribution is 5.68. The zero-order valence-electron chi connectivity index (χ0n) is 12.6. The molecule has 0 aliphatic heterocycles. The van der Waals surface area contributed by atoms with Crippen molar-refractivity contribution in [1.29, 1.82) is 0 Å². The minimum Gasteiger partial charge on any atom is -0.334 e. The third kappa shape index (κ3) is 3.72. The highest BCUT2D eigenvalue weighted by Gasteiger charge is 2.10. The molecule has 0 fully saturated rings. The number of benzene rings is 2. The van der Waals surface area contributed by atoms with Crippen molar-refractivity contribution < 1.29 is 14.4 Å². The standard InChI is InChI=1S/C16H10N4O5/c21-19(22)13-7-5-12(6-8-13)16-17-15(25-18-16)9-4-11-2-1-3-14(10-11)20(23)24/h1-10H/b9-4-. The van der Waals surface area contributed by atoms with Gasteiger partial charge in [-0.1, -0.05) is 17.3 Å². The molecule has 0 amide bonds. The summed E-state index contributed by atoms with van der Waals surface area (Å²) in [4.78, 5) is 24.6. The molecule has 0 atom stereocenters. The van der Waals surface area contributed by atoms with Crippen LogP contribution in [0.4, 0.5) is 11.4 Å². The fraction of sp³-hybridized carbons (Fsp3) is 0. The van der Waals surface area contributed by atoms with Gasteiger partial charge in [-0.25, -0.2) is 0 Å². The van der Waals surface area contributed by atoms with Gasteiger partial charge in [-0.2, -0.15) is 4.98 Å². The fourth-order valence-electron chi connectivity index (χ4n) is 2.06. The zero-order chi connectivity index (χ0) is 17.8. The summed E-state index contributed by atoms with van der Waals surface area (Å²) in [6.45, 7) is 0. The quantitative estimate of drug-likeness (QED) is 0.512. The topological polar surface area (TPSA) is 125 Å². The van der Waals surface area contributed by atoms with Crippen LogP contribution in [0.2, 0.25) is 0 Å². The number of nitro groups is 2. The van der Waals surface area contributed by atoms with Crippen LogP contribution < -0.4 is 0 Å². The summed E-state index contributed by atoms with van der Waals surface area (Å²) >= 11 is 0. The normalized spacial score (nSPS) is 10.9. The van der Waals surface area contributed by atoms with Crippen molar-refractivity contribution >= 4 is 23.5 Å². The van der Waals surface area contributed by atoms with Crippen molar-refractivity contribution in [3.05, 3.63) is 80.2 Å². The Hall–Kier alpha value is -3.88. The first-order valence-electron chi connectivity index (χ1n) is 7.04. The van der Waals surface area contributed by atoms with Gasteiger partial charge in [0.2, 0.25) is 5.82 Å². The van der Waals surface area contributed by atoms with Crippen LogP contribution in [0.3, 0.4) is 0 Å². The van der Waals surface area contributed by atoms with E-state index < -0.39 is 9.85 Å². The van der Waals surface area contributed by atoms with Crippen molar-refractivity contribution in [1.82, 2.24) is 10.1 Å². The predicted octanol–water partition coefficient (Wildman–Crippen LogP) is 3.72. The predicted molar refractivity (Wildman–Crippen MR) is 88.4 cm³/mol. The Kier molecular flexibility index (Phi) is 4.29. The van der Waals surface area contributed by atoms with Crippen molar-refractivity contribution in [3.63, 3.8) is 0 Å². The highest BCUT2D eigenvalue weighted by atomic mass is 16.6. The summed E-state index contributed by atoms with van der Waals surface area (Å²) in [5.41, 5.74) is 1.14. The van der Waals surface area contributed by atoms with Crippen LogP contribution >= 0.6 is 0 Å². The number of rotatable bonds is 5. The van der Waals surface area contributed by atoms with E-state index in [1.54, 1.807) is 18.2 Å². The molecule has 2 aromatic carbocycles. The average molecular weight is 338 g/mol. The van der Waals surface area contributed by atoms with E-state index in [9.17, 15) is 20.2 Å². The Morgan fingerprint density at radius 1 is 0.920 bits per heavy atom. The molecular formula is C16H10N4O5. The summed E-state index contributed by atoms with van der Waals surface area (Å²) in [7, 11) is 0. The maximum Gasteiger partial charge on any atom is 0.270 e. The number of aromatic nitrogens is 2. The van der Waals surface area contributed by atoms with E-state index in [0.29, 0.717) is 11.1 Å². The van der Waals surface area contributed by atoms with Crippen molar-refractivity contribution in [2.75, 3.05) is 0 Å². The fourth-order valence-corrected chi connectivity index (χ4v) is 2.06. The lowest BCUT2D eigenvalue weighted by Gasteiger charge is -1.93. The molecule has 0 radical (unpaired) electrons. The van der Waals surface area contributed by atoms with Gasteiger partial charge in [-0.3, -0.25) is 20.2 Å². The van der Waals surface area contributed by atoms with Gasteiger partial charge >= 0.3 is 0 Å². The molecule has 3 aromatic rings. The van der Waals surface area contributed by atoms with E-state index in [0.717, 1.165) is 0 Å². The molecule has 0 spiro atoms. The van der Waals surface area contributed by atoms with E-state index in [1.807, 2.05) is 0 Å². The number of hydrogen-bond acceptors (Lipinski definition) is 7. The average Bonchev–Trinajstić information content (AvgIpc) is 3.09. The Morgan fingerprint density at radius 3 is 2.32 bits per heavy atom. The molecule has 0 bridgehead atoms. The first-order valence-corrected chi connectivity index (χ1v) is 7.04. The summed E-state index contributed by atoms with van der Waals surface area (Å²) in [6.07, 6.45) is 3.14. The smallest absolute Gasteiger partial charge is 0.270 e. The molecule has 0 saturated heterocycles. The second kappa shape index (κ2) is 6.71. The van der Waals surface area contributed by atoms with E-state index in [2.05, 4.69) is 10.1 Å². The maximum atomic E-state index is 10.8. The van der Waals surface area contributed by atoms with Gasteiger partial charge < -0.3 is 4.52 Å². The van der Waals surface area contributed by atoms with Gasteiger partial charge in [0.15, 0.2) is 0 Å². The van der Waals surface area contributed by atoms with E-state index in [4.69, 9.17) is 4.52 Å². The van der Waals surface area contributed by atoms with Crippen LogP contribution in [0.5, 0.6) is 0 Å². The number of hydrogen-bond donors (Lipinski definition) is 0. The molecule has 0 aliphatic carbocycles. The van der Waals surface area contributed by atoms with Gasteiger partial charge in [-0.15, -0.1) is 0 Å². The molecule has 0 saturated carbocycles. The number of non-ortho nitro benzene ring substituents is 2. The van der Waals surface area contributed by atoms with Crippen molar-refractivity contribution in [2.24, 2.45) is 0 Å². The summed E-state index contributed by atoms with van der Waals surface area (Å²) < 4.78 is 5.08. The largest absolute Gasteiger partial charge is 0.334 e. The minimum atomic E-state index is -0.493. The van der Waals surface area contributed by atoms with Crippen LogP contribution in [0.15, 0.2) is 53.1 Å². The van der Waals surface area contributed by atoms with Gasteiger partial charge in [0.1, 0.15) is 0 Å². The summed E-state index contributed by atoms with van der Waals surface area (Å²) in [5.74, 6) is 0.494. The molecule has 0 N–H and O–H groups in total. The SMILES string of the molecule is O=[N+]([O-])c1ccc(-c2noc(/C=C\c3cccc([N+](=O)[O-])c3)n2)cc1. The first kappa shape index (κ1) is 16.0. The lowest BCUT2D eigenvalue weighted by Crippen LogP contribution is -1.88. The molecule has 124 valence electrons. The van der Waals surface area contributed by atoms with Gasteiger partial charge in [0, 0.05) is 35.9 Å². The minimum absolute atomic E-state index is 0.0146. The molecule has 9 nitrogen and oxygen atoms in total. The zero-order valence-corrected chi connectivity index (χ0v) is 12.6. The lowest BCUT2D eigenvalue weighted by molar-refractivity contribution is -0.385. The second-order valence-electron chi connectivity index (χ2n) is 4.95. The Morgan fingerprint density at radius 2 is 1.64 bits per heavy atom. The van der Waals surface area contributed by atoms with Crippen LogP contribution in [-0.2, 0) is 0 Å². The van der Waals surface area contributed by atoms with Crippen LogP contribution in [0.25, 0.3) is 23.5 Å². The lowest BCUT2D eigenvalue weighted by atomic mass is 10.2. The highest BCUT2D eigenvalue weighted by Crippen LogP contribution is 2.21. The van der Waals surface area contributed by atoms with Crippen LogP contribution in [0, 0.1) is 20.2 Å². The molecule has 9 heteroatoms. The summed E-state index contributed by atoms with van der Waals surface area (Å²) in [6, 6.07) is 11.9. The Balaban J connectivity index is 1.78. The molecular weight excluding hydrogens is 328 g/mol. The second-order valence-corrected chi connectivity index (χ2v) is 4.95. The van der Waals surface area contributed by atoms with Gasteiger partial charge in [0.05, 0.1) is 9.85 Å². The van der Waals surface area contributed by atoms with E-state index >= 15 is 0 Å². The Labute approximate surface area is 140 Å². The van der Waals surface area contributed by atoms with Crippen molar-refractivity contribution in [3.8, 4) is 11.4 Å². The molecule has 3 rings (SSSR count). The molecule has 1 heterocycles. The van der Waals surface area contributed by atoms with Crippen LogP contribution in [0.1, 0.15) is 11.5 Å². The summed E-state index contributed by atoms with van der Waals surface area (Å²) in [5, 5.41) is 25.2. The van der Waals surface area contributed by atoms with E-state index in [1.165, 1.54) is 42.5 Å². The van der Waals surface area contributed by atoms with Gasteiger partial charge in [-0.05, 0) is 23.8 Å². The third-order valence-corrected chi connectivity index (χ3v) is 3.28. The molecule has 0 aliphatic rings. The number of nitrogens with zero attached hydrogens (tertiary/aromatic N) is 4. The third-order valence-electron chi connectivity index (χ3n) is 3.28. The molecule has 0 unspecified atom stereocenters. The van der Waals surface area contributed by atoms with Crippen LogP contribution in [-0.4, -0.2) is 20.0 Å². The Bertz CT molecular complexity index is 963. The molecule has 1 aromatic heterocycles. The van der Waals surface area contributed by atoms with E-state index in [-0.39, 0.29) is 23.1 Å². The first-order chi connectivity index (χ1) is 12.0.